The Morgan fingerprint density at radius 1 is 1.25 bits per heavy atom. The van der Waals surface area contributed by atoms with Crippen molar-refractivity contribution in [2.24, 2.45) is 5.10 Å². The van der Waals surface area contributed by atoms with E-state index in [0.717, 1.165) is 0 Å². The molecule has 2 rings (SSSR count). The number of aromatic amines is 2. The Balaban J connectivity index is 1.95. The summed E-state index contributed by atoms with van der Waals surface area (Å²) in [6.45, 7) is 0. The Hall–Kier alpha value is -2.16. The van der Waals surface area contributed by atoms with E-state index in [0.29, 0.717) is 15.6 Å². The van der Waals surface area contributed by atoms with Crippen molar-refractivity contribution in [1.29, 1.82) is 0 Å². The number of nitrogens with one attached hydrogen (secondary N) is 3. The highest BCUT2D eigenvalue weighted by molar-refractivity contribution is 6.45. The predicted molar refractivity (Wildman–Crippen MR) is 91.0 cm³/mol. The van der Waals surface area contributed by atoms with E-state index >= 15 is 0 Å². The number of aryl methyl sites for hydroxylation is 1. The van der Waals surface area contributed by atoms with Crippen LogP contribution in [0.15, 0.2) is 26.8 Å². The van der Waals surface area contributed by atoms with Gasteiger partial charge in [-0.15, -0.1) is 0 Å². The zero-order valence-corrected chi connectivity index (χ0v) is 14.2. The molecule has 126 valence electrons. The van der Waals surface area contributed by atoms with E-state index in [4.69, 9.17) is 34.8 Å². The largest absolute Gasteiger partial charge is 0.342 e. The molecule has 24 heavy (non-hydrogen) atoms. The molecule has 3 N–H and O–H groups in total. The number of hydrogen-bond donors (Lipinski definition) is 3. The van der Waals surface area contributed by atoms with E-state index in [1.165, 1.54) is 12.3 Å². The molecule has 0 bridgehead atoms. The molecule has 0 unspecified atom stereocenters. The number of rotatable bonds is 5. The number of hydrogen-bond acceptors (Lipinski definition) is 5. The minimum absolute atomic E-state index is 0.0339. The van der Waals surface area contributed by atoms with Gasteiger partial charge >= 0.3 is 5.69 Å². The molecule has 0 radical (unpaired) electrons. The summed E-state index contributed by atoms with van der Waals surface area (Å²) in [5.74, 6) is -0.465. The fraction of sp³-hybridized carbons (Fsp3) is 0.154. The Kier molecular flexibility index (Phi) is 6.13. The Labute approximate surface area is 149 Å². The summed E-state index contributed by atoms with van der Waals surface area (Å²) in [6.07, 6.45) is 1.24. The number of carbonyl (C=O) groups is 1. The van der Waals surface area contributed by atoms with Gasteiger partial charge in [0.2, 0.25) is 5.91 Å². The summed E-state index contributed by atoms with van der Waals surface area (Å²) in [6, 6.07) is 3.09. The van der Waals surface area contributed by atoms with E-state index in [1.807, 2.05) is 4.98 Å². The van der Waals surface area contributed by atoms with Crippen LogP contribution >= 0.6 is 34.8 Å². The second-order valence-corrected chi connectivity index (χ2v) is 5.70. The Morgan fingerprint density at radius 3 is 2.67 bits per heavy atom. The predicted octanol–water partition coefficient (Wildman–Crippen LogP) is 1.50. The second-order valence-electron chi connectivity index (χ2n) is 4.50. The molecule has 1 aromatic carbocycles. The van der Waals surface area contributed by atoms with Crippen molar-refractivity contribution in [1.82, 2.24) is 20.6 Å². The minimum atomic E-state index is -0.715. The van der Waals surface area contributed by atoms with Crippen LogP contribution in [0.2, 0.25) is 15.1 Å². The van der Waals surface area contributed by atoms with E-state index < -0.39 is 17.2 Å². The minimum Gasteiger partial charge on any atom is -0.273 e. The van der Waals surface area contributed by atoms with Crippen molar-refractivity contribution in [3.63, 3.8) is 0 Å². The molecule has 0 aliphatic rings. The molecular formula is C13H10Cl3N5O3. The fourth-order valence-corrected chi connectivity index (χ4v) is 2.29. The Bertz CT molecular complexity index is 906. The lowest BCUT2D eigenvalue weighted by molar-refractivity contribution is -0.121. The third-order valence-electron chi connectivity index (χ3n) is 2.83. The molecule has 0 atom stereocenters. The quantitative estimate of drug-likeness (QED) is 0.407. The smallest absolute Gasteiger partial charge is 0.273 e. The lowest BCUT2D eigenvalue weighted by Gasteiger charge is -2.03. The van der Waals surface area contributed by atoms with Gasteiger partial charge in [0.05, 0.1) is 21.3 Å². The maximum absolute atomic E-state index is 11.7. The standard InChI is InChI=1S/C13H10Cl3N5O3/c14-7-1-2-8(15)11(16)6(7)5-17-20-10(22)4-3-9-12(23)18-13(24)21-19-9/h1-2,5H,3-4H2,(H,20,22)(H2,18,21,23,24)/b17-5+. The highest BCUT2D eigenvalue weighted by Crippen LogP contribution is 2.29. The van der Waals surface area contributed by atoms with Crippen LogP contribution in [0.4, 0.5) is 0 Å². The molecule has 0 saturated heterocycles. The van der Waals surface area contributed by atoms with Crippen LogP contribution in [0, 0.1) is 0 Å². The molecule has 2 aromatic rings. The second kappa shape index (κ2) is 8.09. The van der Waals surface area contributed by atoms with Gasteiger partial charge in [0.1, 0.15) is 5.69 Å². The lowest BCUT2D eigenvalue weighted by Crippen LogP contribution is -2.28. The average molecular weight is 391 g/mol. The van der Waals surface area contributed by atoms with Gasteiger partial charge < -0.3 is 0 Å². The summed E-state index contributed by atoms with van der Waals surface area (Å²) in [5.41, 5.74) is 1.31. The van der Waals surface area contributed by atoms with Gasteiger partial charge in [-0.05, 0) is 12.1 Å². The van der Waals surface area contributed by atoms with Crippen LogP contribution < -0.4 is 16.7 Å². The first-order valence-corrected chi connectivity index (χ1v) is 7.65. The molecule has 0 fully saturated rings. The maximum atomic E-state index is 11.7. The van der Waals surface area contributed by atoms with Crippen LogP contribution in [-0.4, -0.2) is 27.3 Å². The van der Waals surface area contributed by atoms with Gasteiger partial charge in [-0.2, -0.15) is 10.2 Å². The van der Waals surface area contributed by atoms with Gasteiger partial charge in [-0.1, -0.05) is 34.8 Å². The van der Waals surface area contributed by atoms with Gasteiger partial charge in [-0.25, -0.2) is 15.3 Å². The van der Waals surface area contributed by atoms with Crippen LogP contribution in [0.5, 0.6) is 0 Å². The number of hydrazone groups is 1. The molecular weight excluding hydrogens is 381 g/mol. The normalized spacial score (nSPS) is 11.0. The summed E-state index contributed by atoms with van der Waals surface area (Å²) in [4.78, 5) is 36.0. The average Bonchev–Trinajstić information content (AvgIpc) is 2.53. The number of carbonyl (C=O) groups excluding carboxylic acids is 1. The monoisotopic (exact) mass is 389 g/mol. The first-order chi connectivity index (χ1) is 11.4. The van der Waals surface area contributed by atoms with Crippen molar-refractivity contribution in [3.05, 3.63) is 59.3 Å². The van der Waals surface area contributed by atoms with Crippen molar-refractivity contribution in [2.45, 2.75) is 12.8 Å². The fourth-order valence-electron chi connectivity index (χ4n) is 1.66. The van der Waals surface area contributed by atoms with Crippen LogP contribution in [0.3, 0.4) is 0 Å². The number of benzene rings is 1. The van der Waals surface area contributed by atoms with Gasteiger partial charge in [-0.3, -0.25) is 14.6 Å². The number of amides is 1. The maximum Gasteiger partial charge on any atom is 0.342 e. The summed E-state index contributed by atoms with van der Waals surface area (Å²) in [7, 11) is 0. The van der Waals surface area contributed by atoms with Crippen molar-refractivity contribution in [3.8, 4) is 0 Å². The summed E-state index contributed by atoms with van der Waals surface area (Å²) < 4.78 is 0. The molecule has 0 spiro atoms. The molecule has 11 heteroatoms. The first-order valence-electron chi connectivity index (χ1n) is 6.51. The number of H-pyrrole nitrogens is 2. The lowest BCUT2D eigenvalue weighted by atomic mass is 10.2. The molecule has 8 nitrogen and oxygen atoms in total. The van der Waals surface area contributed by atoms with E-state index in [2.05, 4.69) is 20.7 Å². The molecule has 1 heterocycles. The zero-order chi connectivity index (χ0) is 17.7. The van der Waals surface area contributed by atoms with Gasteiger partial charge in [0.15, 0.2) is 0 Å². The van der Waals surface area contributed by atoms with Crippen molar-refractivity contribution < 1.29 is 4.79 Å². The third kappa shape index (κ3) is 4.67. The van der Waals surface area contributed by atoms with Crippen molar-refractivity contribution >= 4 is 46.9 Å². The Morgan fingerprint density at radius 2 is 1.96 bits per heavy atom. The third-order valence-corrected chi connectivity index (χ3v) is 3.98. The number of nitrogens with zero attached hydrogens (tertiary/aromatic N) is 2. The molecule has 1 aromatic heterocycles. The number of halogens is 3. The highest BCUT2D eigenvalue weighted by atomic mass is 35.5. The van der Waals surface area contributed by atoms with Crippen LogP contribution in [0.1, 0.15) is 17.7 Å². The summed E-state index contributed by atoms with van der Waals surface area (Å²) in [5, 5.41) is 10.2. The molecule has 1 amide bonds. The van der Waals surface area contributed by atoms with Crippen LogP contribution in [-0.2, 0) is 11.2 Å². The first kappa shape index (κ1) is 18.2. The van der Waals surface area contributed by atoms with Gasteiger partial charge in [0, 0.05) is 18.4 Å². The molecule has 0 saturated carbocycles. The SMILES string of the molecule is O=C(CCc1n[nH]c(=O)[nH]c1=O)N/N=C/c1c(Cl)ccc(Cl)c1Cl. The van der Waals surface area contributed by atoms with E-state index in [9.17, 15) is 14.4 Å². The topological polar surface area (TPSA) is 120 Å². The van der Waals surface area contributed by atoms with Gasteiger partial charge in [0.25, 0.3) is 5.56 Å². The van der Waals surface area contributed by atoms with E-state index in [-0.39, 0.29) is 23.6 Å². The van der Waals surface area contributed by atoms with Crippen molar-refractivity contribution in [2.75, 3.05) is 0 Å². The van der Waals surface area contributed by atoms with E-state index in [1.54, 1.807) is 6.07 Å². The molecule has 0 aliphatic carbocycles. The zero-order valence-electron chi connectivity index (χ0n) is 11.9. The van der Waals surface area contributed by atoms with Crippen LogP contribution in [0.25, 0.3) is 0 Å². The number of aromatic nitrogens is 3. The molecule has 0 aliphatic heterocycles. The highest BCUT2D eigenvalue weighted by Gasteiger charge is 2.09. The summed E-state index contributed by atoms with van der Waals surface area (Å²) >= 11 is 17.8.